The number of rotatable bonds is 2. The Labute approximate surface area is 115 Å². The van der Waals surface area contributed by atoms with Crippen LogP contribution in [0.25, 0.3) is 0 Å². The van der Waals surface area contributed by atoms with E-state index in [1.165, 1.54) is 0 Å². The van der Waals surface area contributed by atoms with Crippen molar-refractivity contribution in [3.8, 4) is 0 Å². The van der Waals surface area contributed by atoms with E-state index in [4.69, 9.17) is 4.74 Å². The van der Waals surface area contributed by atoms with E-state index in [0.29, 0.717) is 6.54 Å². The second kappa shape index (κ2) is 3.70. The molecule has 5 nitrogen and oxygen atoms in total. The van der Waals surface area contributed by atoms with Gasteiger partial charge in [0.05, 0.1) is 18.6 Å². The average Bonchev–Trinajstić information content (AvgIpc) is 3.08. The van der Waals surface area contributed by atoms with Crippen molar-refractivity contribution in [2.24, 2.45) is 11.8 Å². The van der Waals surface area contributed by atoms with Gasteiger partial charge in [0.15, 0.2) is 0 Å². The van der Waals surface area contributed by atoms with Gasteiger partial charge in [0.2, 0.25) is 5.91 Å². The molecule has 0 radical (unpaired) electrons. The highest BCUT2D eigenvalue weighted by Crippen LogP contribution is 2.52. The molecule has 0 unspecified atom stereocenters. The van der Waals surface area contributed by atoms with Crippen molar-refractivity contribution in [2.75, 3.05) is 11.4 Å². The molecular formula is C15H13NO4. The van der Waals surface area contributed by atoms with Crippen LogP contribution < -0.4 is 4.90 Å². The number of ether oxygens (including phenoxy) is 1. The van der Waals surface area contributed by atoms with E-state index in [9.17, 15) is 14.7 Å². The zero-order chi connectivity index (χ0) is 13.9. The molecule has 3 aliphatic heterocycles. The largest absolute Gasteiger partial charge is 0.481 e. The first-order chi connectivity index (χ1) is 9.62. The van der Waals surface area contributed by atoms with E-state index < -0.39 is 29.5 Å². The first-order valence-electron chi connectivity index (χ1n) is 6.59. The van der Waals surface area contributed by atoms with Crippen LogP contribution in [0.1, 0.15) is 0 Å². The van der Waals surface area contributed by atoms with Gasteiger partial charge in [-0.1, -0.05) is 30.4 Å². The SMILES string of the molecule is O=C(O)[C@@H]1[C@H]2C=C[C@]3(CN(c4ccccc4)C(=O)[C@@H]13)O2. The number of nitrogens with zero attached hydrogens (tertiary/aromatic N) is 1. The summed E-state index contributed by atoms with van der Waals surface area (Å²) in [5, 5.41) is 9.37. The van der Waals surface area contributed by atoms with E-state index in [2.05, 4.69) is 0 Å². The van der Waals surface area contributed by atoms with Gasteiger partial charge in [0.25, 0.3) is 0 Å². The molecular weight excluding hydrogens is 258 g/mol. The normalized spacial score (nSPS) is 37.5. The van der Waals surface area contributed by atoms with Crippen LogP contribution in [0.5, 0.6) is 0 Å². The zero-order valence-corrected chi connectivity index (χ0v) is 10.6. The van der Waals surface area contributed by atoms with Crippen LogP contribution >= 0.6 is 0 Å². The number of anilines is 1. The molecule has 1 spiro atoms. The van der Waals surface area contributed by atoms with Gasteiger partial charge < -0.3 is 14.7 Å². The summed E-state index contributed by atoms with van der Waals surface area (Å²) in [6, 6.07) is 9.29. The minimum Gasteiger partial charge on any atom is -0.481 e. The molecule has 2 fully saturated rings. The zero-order valence-electron chi connectivity index (χ0n) is 10.6. The maximum Gasteiger partial charge on any atom is 0.310 e. The minimum absolute atomic E-state index is 0.157. The first kappa shape index (κ1) is 11.7. The Balaban J connectivity index is 1.76. The lowest BCUT2D eigenvalue weighted by molar-refractivity contribution is -0.146. The van der Waals surface area contributed by atoms with E-state index in [0.717, 1.165) is 5.69 Å². The molecule has 0 saturated carbocycles. The van der Waals surface area contributed by atoms with Crippen LogP contribution in [0.4, 0.5) is 5.69 Å². The van der Waals surface area contributed by atoms with Crippen molar-refractivity contribution in [2.45, 2.75) is 11.7 Å². The molecule has 3 aliphatic rings. The van der Waals surface area contributed by atoms with Crippen LogP contribution in [-0.4, -0.2) is 35.2 Å². The van der Waals surface area contributed by atoms with Crippen molar-refractivity contribution >= 4 is 17.6 Å². The van der Waals surface area contributed by atoms with E-state index in [1.807, 2.05) is 36.4 Å². The summed E-state index contributed by atoms with van der Waals surface area (Å²) in [5.74, 6) is -2.51. The number of aliphatic carboxylic acids is 1. The second-order valence-electron chi connectivity index (χ2n) is 5.50. The molecule has 1 aromatic rings. The Hall–Kier alpha value is -2.14. The summed E-state index contributed by atoms with van der Waals surface area (Å²) in [7, 11) is 0. The van der Waals surface area contributed by atoms with Crippen molar-refractivity contribution in [1.29, 1.82) is 0 Å². The lowest BCUT2D eigenvalue weighted by Gasteiger charge is -2.21. The van der Waals surface area contributed by atoms with Gasteiger partial charge >= 0.3 is 5.97 Å². The number of amides is 1. The molecule has 1 aromatic carbocycles. The molecule has 1 amide bonds. The van der Waals surface area contributed by atoms with Gasteiger partial charge in [-0.2, -0.15) is 0 Å². The smallest absolute Gasteiger partial charge is 0.310 e. The first-order valence-corrected chi connectivity index (χ1v) is 6.59. The summed E-state index contributed by atoms with van der Waals surface area (Å²) in [6.07, 6.45) is 3.17. The van der Waals surface area contributed by atoms with Gasteiger partial charge in [0, 0.05) is 5.69 Å². The number of para-hydroxylation sites is 1. The third kappa shape index (κ3) is 1.30. The fourth-order valence-corrected chi connectivity index (χ4v) is 3.61. The van der Waals surface area contributed by atoms with Crippen LogP contribution in [-0.2, 0) is 14.3 Å². The molecule has 0 aliphatic carbocycles. The molecule has 4 rings (SSSR count). The highest BCUT2D eigenvalue weighted by molar-refractivity contribution is 6.02. The maximum atomic E-state index is 12.6. The summed E-state index contributed by atoms with van der Waals surface area (Å²) in [5.41, 5.74) is 0.0200. The molecule has 4 atom stereocenters. The van der Waals surface area contributed by atoms with Gasteiger partial charge in [-0.15, -0.1) is 0 Å². The number of hydrogen-bond acceptors (Lipinski definition) is 3. The minimum atomic E-state index is -0.963. The Morgan fingerprint density at radius 2 is 2.10 bits per heavy atom. The number of hydrogen-bond donors (Lipinski definition) is 1. The third-order valence-electron chi connectivity index (χ3n) is 4.45. The highest BCUT2D eigenvalue weighted by Gasteiger charge is 2.67. The van der Waals surface area contributed by atoms with Gasteiger partial charge in [-0.25, -0.2) is 0 Å². The standard InChI is InChI=1S/C15H13NO4/c17-13-12-11(14(18)19)10-6-7-15(12,20-10)8-16(13)9-4-2-1-3-5-9/h1-7,10-12H,8H2,(H,18,19)/t10-,11-,12-,15-/m1/s1. The van der Waals surface area contributed by atoms with Crippen molar-refractivity contribution in [3.63, 3.8) is 0 Å². The van der Waals surface area contributed by atoms with Crippen LogP contribution in [0.15, 0.2) is 42.5 Å². The highest BCUT2D eigenvalue weighted by atomic mass is 16.5. The van der Waals surface area contributed by atoms with Gasteiger partial charge in [-0.3, -0.25) is 9.59 Å². The van der Waals surface area contributed by atoms with E-state index >= 15 is 0 Å². The molecule has 0 aromatic heterocycles. The number of carbonyl (C=O) groups excluding carboxylic acids is 1. The fraction of sp³-hybridized carbons (Fsp3) is 0.333. The molecule has 2 bridgehead atoms. The third-order valence-corrected chi connectivity index (χ3v) is 4.45. The second-order valence-corrected chi connectivity index (χ2v) is 5.50. The number of fused-ring (bicyclic) bond motifs is 1. The van der Waals surface area contributed by atoms with Crippen LogP contribution in [0, 0.1) is 11.8 Å². The summed E-state index contributed by atoms with van der Waals surface area (Å²) < 4.78 is 5.83. The number of carbonyl (C=O) groups is 2. The predicted octanol–water partition coefficient (Wildman–Crippen LogP) is 1.06. The van der Waals surface area contributed by atoms with Crippen molar-refractivity contribution in [3.05, 3.63) is 42.5 Å². The number of carboxylic acids is 1. The Kier molecular flexibility index (Phi) is 2.16. The molecule has 5 heteroatoms. The molecule has 102 valence electrons. The number of benzene rings is 1. The summed E-state index contributed by atoms with van der Waals surface area (Å²) >= 11 is 0. The predicted molar refractivity (Wildman–Crippen MR) is 70.2 cm³/mol. The Morgan fingerprint density at radius 1 is 1.35 bits per heavy atom. The van der Waals surface area contributed by atoms with Crippen molar-refractivity contribution in [1.82, 2.24) is 0 Å². The van der Waals surface area contributed by atoms with Gasteiger partial charge in [-0.05, 0) is 12.1 Å². The van der Waals surface area contributed by atoms with Crippen molar-refractivity contribution < 1.29 is 19.4 Å². The van der Waals surface area contributed by atoms with Gasteiger partial charge in [0.1, 0.15) is 11.5 Å². The molecule has 2 saturated heterocycles. The average molecular weight is 271 g/mol. The topological polar surface area (TPSA) is 66.8 Å². The molecule has 20 heavy (non-hydrogen) atoms. The summed E-state index contributed by atoms with van der Waals surface area (Å²) in [6.45, 7) is 0.386. The Bertz CT molecular complexity index is 626. The maximum absolute atomic E-state index is 12.6. The van der Waals surface area contributed by atoms with E-state index in [-0.39, 0.29) is 5.91 Å². The molecule has 3 heterocycles. The molecule has 1 N–H and O–H groups in total. The fourth-order valence-electron chi connectivity index (χ4n) is 3.61. The lowest BCUT2D eigenvalue weighted by atomic mass is 9.77. The van der Waals surface area contributed by atoms with Crippen LogP contribution in [0.2, 0.25) is 0 Å². The lowest BCUT2D eigenvalue weighted by Crippen LogP contribution is -2.39. The van der Waals surface area contributed by atoms with Crippen LogP contribution in [0.3, 0.4) is 0 Å². The monoisotopic (exact) mass is 271 g/mol. The number of carboxylic acid groups (broad SMARTS) is 1. The Morgan fingerprint density at radius 3 is 2.80 bits per heavy atom. The quantitative estimate of drug-likeness (QED) is 0.817. The van der Waals surface area contributed by atoms with E-state index in [1.54, 1.807) is 11.0 Å². The summed E-state index contributed by atoms with van der Waals surface area (Å²) in [4.78, 5) is 25.7.